The number of carbonyl (C=O) groups excluding carboxylic acids is 1. The molecule has 1 N–H and O–H groups in total. The molecular formula is C13H9O4S-. The van der Waals surface area contributed by atoms with Gasteiger partial charge in [0.05, 0.1) is 0 Å². The van der Waals surface area contributed by atoms with E-state index in [1.807, 2.05) is 0 Å². The van der Waals surface area contributed by atoms with Gasteiger partial charge in [-0.25, -0.2) is 0 Å². The second-order valence-electron chi connectivity index (χ2n) is 3.64. The maximum absolute atomic E-state index is 12.0. The second-order valence-corrected chi connectivity index (χ2v) is 4.58. The van der Waals surface area contributed by atoms with Crippen molar-refractivity contribution in [3.63, 3.8) is 0 Å². The SMILES string of the molecule is O=C(c1ccc(O)cc1)c1cccc(S(=O)[O-])c1. The van der Waals surface area contributed by atoms with E-state index in [0.717, 1.165) is 0 Å². The Labute approximate surface area is 106 Å². The van der Waals surface area contributed by atoms with Gasteiger partial charge in [0.1, 0.15) is 5.75 Å². The standard InChI is InChI=1S/C13H10O4S/c14-11-6-4-9(5-7-11)13(15)10-2-1-3-12(8-10)18(16)17/h1-8,14H,(H,16,17)/p-1. The Morgan fingerprint density at radius 1 is 1.06 bits per heavy atom. The van der Waals surface area contributed by atoms with E-state index >= 15 is 0 Å². The van der Waals surface area contributed by atoms with Crippen LogP contribution in [-0.4, -0.2) is 19.7 Å². The van der Waals surface area contributed by atoms with Gasteiger partial charge in [0.25, 0.3) is 0 Å². The number of benzene rings is 2. The monoisotopic (exact) mass is 261 g/mol. The molecule has 0 saturated carbocycles. The molecule has 0 amide bonds. The summed E-state index contributed by atoms with van der Waals surface area (Å²) in [4.78, 5) is 12.1. The summed E-state index contributed by atoms with van der Waals surface area (Å²) in [6.45, 7) is 0. The largest absolute Gasteiger partial charge is 0.768 e. The van der Waals surface area contributed by atoms with Gasteiger partial charge in [0, 0.05) is 16.0 Å². The molecule has 5 heteroatoms. The average molecular weight is 261 g/mol. The van der Waals surface area contributed by atoms with E-state index < -0.39 is 11.1 Å². The molecule has 0 radical (unpaired) electrons. The highest BCUT2D eigenvalue weighted by molar-refractivity contribution is 7.79. The van der Waals surface area contributed by atoms with E-state index in [2.05, 4.69) is 0 Å². The molecule has 0 aliphatic rings. The van der Waals surface area contributed by atoms with E-state index in [1.165, 1.54) is 42.5 Å². The first-order chi connectivity index (χ1) is 8.58. The molecule has 1 unspecified atom stereocenters. The predicted molar refractivity (Wildman–Crippen MR) is 65.2 cm³/mol. The number of ketones is 1. The molecule has 2 aromatic carbocycles. The number of phenols is 1. The van der Waals surface area contributed by atoms with Crippen LogP contribution in [0, 0.1) is 0 Å². The van der Waals surface area contributed by atoms with Crippen LogP contribution in [0.1, 0.15) is 15.9 Å². The highest BCUT2D eigenvalue weighted by Gasteiger charge is 2.09. The zero-order chi connectivity index (χ0) is 13.1. The van der Waals surface area contributed by atoms with Crippen molar-refractivity contribution in [3.05, 3.63) is 59.7 Å². The Hall–Kier alpha value is -1.98. The molecule has 0 aliphatic carbocycles. The first-order valence-corrected chi connectivity index (χ1v) is 6.18. The predicted octanol–water partition coefficient (Wildman–Crippen LogP) is 1.86. The number of carbonyl (C=O) groups is 1. The van der Waals surface area contributed by atoms with E-state index in [-0.39, 0.29) is 16.4 Å². The molecule has 18 heavy (non-hydrogen) atoms. The van der Waals surface area contributed by atoms with Crippen LogP contribution in [0.25, 0.3) is 0 Å². The van der Waals surface area contributed by atoms with Crippen molar-refractivity contribution in [1.82, 2.24) is 0 Å². The summed E-state index contributed by atoms with van der Waals surface area (Å²) < 4.78 is 21.6. The normalized spacial score (nSPS) is 12.1. The molecular weight excluding hydrogens is 252 g/mol. The fraction of sp³-hybridized carbons (Fsp3) is 0. The summed E-state index contributed by atoms with van der Waals surface area (Å²) in [5.41, 5.74) is 0.684. The lowest BCUT2D eigenvalue weighted by Gasteiger charge is -2.07. The van der Waals surface area contributed by atoms with Crippen LogP contribution in [0.15, 0.2) is 53.4 Å². The fourth-order valence-electron chi connectivity index (χ4n) is 1.52. The van der Waals surface area contributed by atoms with Gasteiger partial charge in [-0.3, -0.25) is 9.00 Å². The van der Waals surface area contributed by atoms with Gasteiger partial charge in [-0.15, -0.1) is 0 Å². The Kier molecular flexibility index (Phi) is 3.55. The van der Waals surface area contributed by atoms with Gasteiger partial charge in [0.15, 0.2) is 5.78 Å². The summed E-state index contributed by atoms with van der Waals surface area (Å²) >= 11 is -2.36. The molecule has 2 rings (SSSR count). The second kappa shape index (κ2) is 5.12. The third-order valence-electron chi connectivity index (χ3n) is 2.42. The molecule has 4 nitrogen and oxygen atoms in total. The van der Waals surface area contributed by atoms with Gasteiger partial charge < -0.3 is 9.66 Å². The van der Waals surface area contributed by atoms with Crippen molar-refractivity contribution in [3.8, 4) is 5.75 Å². The third kappa shape index (κ3) is 2.64. The zero-order valence-electron chi connectivity index (χ0n) is 9.20. The van der Waals surface area contributed by atoms with E-state index in [1.54, 1.807) is 6.07 Å². The van der Waals surface area contributed by atoms with Crippen molar-refractivity contribution >= 4 is 16.9 Å². The van der Waals surface area contributed by atoms with Crippen molar-refractivity contribution in [2.75, 3.05) is 0 Å². The number of hydrogen-bond donors (Lipinski definition) is 1. The summed E-state index contributed by atoms with van der Waals surface area (Å²) in [5.74, 6) is -0.219. The molecule has 0 aliphatic heterocycles. The lowest BCUT2D eigenvalue weighted by atomic mass is 10.0. The molecule has 0 saturated heterocycles. The van der Waals surface area contributed by atoms with Crippen molar-refractivity contribution < 1.29 is 18.7 Å². The number of rotatable bonds is 3. The van der Waals surface area contributed by atoms with Gasteiger partial charge >= 0.3 is 0 Å². The highest BCUT2D eigenvalue weighted by atomic mass is 32.2. The molecule has 1 atom stereocenters. The Morgan fingerprint density at radius 3 is 2.33 bits per heavy atom. The van der Waals surface area contributed by atoms with E-state index in [4.69, 9.17) is 5.11 Å². The number of hydrogen-bond acceptors (Lipinski definition) is 4. The lowest BCUT2D eigenvalue weighted by molar-refractivity contribution is 0.103. The van der Waals surface area contributed by atoms with Crippen LogP contribution in [0.3, 0.4) is 0 Å². The van der Waals surface area contributed by atoms with Crippen LogP contribution < -0.4 is 0 Å². The smallest absolute Gasteiger partial charge is 0.193 e. The van der Waals surface area contributed by atoms with E-state index in [0.29, 0.717) is 11.1 Å². The maximum Gasteiger partial charge on any atom is 0.193 e. The van der Waals surface area contributed by atoms with Crippen molar-refractivity contribution in [1.29, 1.82) is 0 Å². The third-order valence-corrected chi connectivity index (χ3v) is 3.06. The topological polar surface area (TPSA) is 77.4 Å². The van der Waals surface area contributed by atoms with E-state index in [9.17, 15) is 13.6 Å². The fourth-order valence-corrected chi connectivity index (χ4v) is 1.93. The van der Waals surface area contributed by atoms with Gasteiger partial charge in [0.2, 0.25) is 0 Å². The maximum atomic E-state index is 12.0. The highest BCUT2D eigenvalue weighted by Crippen LogP contribution is 2.16. The average Bonchev–Trinajstić information content (AvgIpc) is 2.39. The van der Waals surface area contributed by atoms with Crippen LogP contribution in [0.4, 0.5) is 0 Å². The Bertz CT molecular complexity index is 605. The van der Waals surface area contributed by atoms with Gasteiger partial charge in [-0.05, 0) is 47.5 Å². The minimum atomic E-state index is -2.36. The van der Waals surface area contributed by atoms with Gasteiger partial charge in [-0.1, -0.05) is 12.1 Å². The van der Waals surface area contributed by atoms with Crippen LogP contribution >= 0.6 is 0 Å². The first-order valence-electron chi connectivity index (χ1n) is 5.11. The molecule has 2 aromatic rings. The molecule has 0 spiro atoms. The molecule has 0 aromatic heterocycles. The minimum Gasteiger partial charge on any atom is -0.768 e. The quantitative estimate of drug-likeness (QED) is 0.675. The van der Waals surface area contributed by atoms with Crippen LogP contribution in [0.5, 0.6) is 5.75 Å². The minimum absolute atomic E-state index is 0.0691. The lowest BCUT2D eigenvalue weighted by Crippen LogP contribution is -2.02. The number of phenolic OH excluding ortho intramolecular Hbond substituents is 1. The summed E-state index contributed by atoms with van der Waals surface area (Å²) in [6, 6.07) is 11.6. The van der Waals surface area contributed by atoms with Crippen LogP contribution in [-0.2, 0) is 11.1 Å². The molecule has 0 bridgehead atoms. The molecule has 0 heterocycles. The Morgan fingerprint density at radius 2 is 1.72 bits per heavy atom. The van der Waals surface area contributed by atoms with Crippen molar-refractivity contribution in [2.24, 2.45) is 0 Å². The van der Waals surface area contributed by atoms with Crippen LogP contribution in [0.2, 0.25) is 0 Å². The summed E-state index contributed by atoms with van der Waals surface area (Å²) in [7, 11) is 0. The zero-order valence-corrected chi connectivity index (χ0v) is 10.0. The first kappa shape index (κ1) is 12.5. The molecule has 0 fully saturated rings. The summed E-state index contributed by atoms with van der Waals surface area (Å²) in [6.07, 6.45) is 0. The molecule has 92 valence electrons. The Balaban J connectivity index is 2.37. The summed E-state index contributed by atoms with van der Waals surface area (Å²) in [5, 5.41) is 9.13. The van der Waals surface area contributed by atoms with Gasteiger partial charge in [-0.2, -0.15) is 0 Å². The van der Waals surface area contributed by atoms with Crippen molar-refractivity contribution in [2.45, 2.75) is 4.90 Å². The number of aromatic hydroxyl groups is 1.